The van der Waals surface area contributed by atoms with Crippen LogP contribution in [0.4, 0.5) is 0 Å². The smallest absolute Gasteiger partial charge is 0.253 e. The molecule has 112 heavy (non-hydrogen) atoms. The molecule has 0 saturated carbocycles. The number of imide groups is 1. The fourth-order valence-electron chi connectivity index (χ4n) is 12.0. The number of amides is 13. The Kier molecular flexibility index (Phi) is 41.5. The molecule has 2 unspecified atom stereocenters. The highest BCUT2D eigenvalue weighted by Crippen LogP contribution is 2.37. The predicted molar refractivity (Wildman–Crippen MR) is 400 cm³/mol. The monoisotopic (exact) mass is 1620 g/mol. The molecule has 5 heterocycles. The number of rotatable bonds is 45. The molecule has 6 rings (SSSR count). The molecule has 1 saturated heterocycles. The van der Waals surface area contributed by atoms with Gasteiger partial charge in [0.15, 0.2) is 6.04 Å². The highest BCUT2D eigenvalue weighted by Gasteiger charge is 2.46. The van der Waals surface area contributed by atoms with Crippen molar-refractivity contribution >= 4 is 111 Å². The van der Waals surface area contributed by atoms with Gasteiger partial charge in [-0.05, 0) is 36.6 Å². The van der Waals surface area contributed by atoms with Crippen LogP contribution in [0.3, 0.4) is 0 Å². The van der Waals surface area contributed by atoms with Gasteiger partial charge in [-0.15, -0.1) is 0 Å². The van der Waals surface area contributed by atoms with Gasteiger partial charge in [-0.3, -0.25) is 67.2 Å². The lowest BCUT2D eigenvalue weighted by molar-refractivity contribution is -0.144. The van der Waals surface area contributed by atoms with Crippen molar-refractivity contribution in [2.45, 2.75) is 131 Å². The summed E-state index contributed by atoms with van der Waals surface area (Å²) in [6.45, 7) is 7.78. The van der Waals surface area contributed by atoms with E-state index in [2.05, 4.69) is 52.8 Å². The van der Waals surface area contributed by atoms with Crippen molar-refractivity contribution in [3.8, 4) is 5.75 Å². The minimum atomic E-state index is -2.46. The van der Waals surface area contributed by atoms with E-state index in [1.165, 1.54) is 37.9 Å². The van der Waals surface area contributed by atoms with Gasteiger partial charge in [0.05, 0.1) is 157 Å². The molecule has 1 fully saturated rings. The van der Waals surface area contributed by atoms with Crippen LogP contribution in [0, 0.1) is 11.8 Å². The summed E-state index contributed by atoms with van der Waals surface area (Å²) in [7, 11) is 1.43. The number of H-pyrrole nitrogens is 1. The fourth-order valence-corrected chi connectivity index (χ4v) is 14.4. The first-order valence-corrected chi connectivity index (χ1v) is 39.8. The number of nitrogens with two attached hydrogens (primary N) is 1. The number of ether oxygens (including phenoxy) is 9. The van der Waals surface area contributed by atoms with E-state index < -0.39 is 188 Å². The lowest BCUT2D eigenvalue weighted by Gasteiger charge is -2.32. The minimum absolute atomic E-state index is 0.0142. The van der Waals surface area contributed by atoms with Crippen molar-refractivity contribution in [2.75, 3.05) is 170 Å². The van der Waals surface area contributed by atoms with Crippen LogP contribution in [0.25, 0.3) is 10.9 Å². The summed E-state index contributed by atoms with van der Waals surface area (Å²) in [6, 6.07) is -7.00. The fraction of sp³-hybridized carbons (Fsp3) is 0.676. The number of aromatic nitrogens is 1. The summed E-state index contributed by atoms with van der Waals surface area (Å²) in [5.41, 5.74) is 6.58. The molecule has 39 nitrogen and oxygen atoms in total. The molecular weight excluding hydrogens is 1510 g/mol. The number of carbonyl (C=O) groups excluding carboxylic acids is 13. The summed E-state index contributed by atoms with van der Waals surface area (Å²) < 4.78 is 65.3. The topological polar surface area (TPSA) is 545 Å². The van der Waals surface area contributed by atoms with Crippen LogP contribution in [-0.4, -0.2) is 330 Å². The third-order valence-corrected chi connectivity index (χ3v) is 20.9. The van der Waals surface area contributed by atoms with E-state index in [0.29, 0.717) is 140 Å². The molecule has 13 amide bonds. The Morgan fingerprint density at radius 1 is 0.670 bits per heavy atom. The van der Waals surface area contributed by atoms with Crippen LogP contribution in [0.2, 0.25) is 0 Å². The second-order valence-electron chi connectivity index (χ2n) is 26.6. The molecule has 2 bridgehead atoms. The minimum Gasteiger partial charge on any atom is -0.610 e. The number of methoxy groups -OCH3 is 1. The average Bonchev–Trinajstić information content (AvgIpc) is 1.61. The number of thioether (sulfide) groups is 1. The number of nitrogens with one attached hydrogen (secondary N) is 10. The van der Waals surface area contributed by atoms with E-state index in [9.17, 15) is 77.6 Å². The molecule has 0 spiro atoms. The van der Waals surface area contributed by atoms with Gasteiger partial charge in [-0.25, -0.2) is 0 Å². The molecule has 11 atom stereocenters. The number of aromatic amines is 1. The largest absolute Gasteiger partial charge is 0.610 e. The molecule has 4 aliphatic rings. The van der Waals surface area contributed by atoms with Crippen molar-refractivity contribution in [2.24, 2.45) is 17.6 Å². The van der Waals surface area contributed by atoms with Crippen LogP contribution in [-0.2, 0) is 124 Å². The number of carbonyl (C=O) groups is 13. The number of aliphatic hydroxyl groups excluding tert-OH is 3. The van der Waals surface area contributed by atoms with Gasteiger partial charge in [0.25, 0.3) is 11.8 Å². The summed E-state index contributed by atoms with van der Waals surface area (Å²) >= 11 is -0.972. The number of hydrogen-bond acceptors (Lipinski definition) is 27. The second kappa shape index (κ2) is 50.1. The molecule has 15 N–H and O–H groups in total. The molecule has 41 heteroatoms. The van der Waals surface area contributed by atoms with Crippen molar-refractivity contribution in [1.29, 1.82) is 0 Å². The van der Waals surface area contributed by atoms with Crippen LogP contribution >= 0.6 is 11.8 Å². The van der Waals surface area contributed by atoms with E-state index in [4.69, 9.17) is 48.4 Å². The van der Waals surface area contributed by atoms with Gasteiger partial charge in [0.2, 0.25) is 70.0 Å². The van der Waals surface area contributed by atoms with E-state index >= 15 is 4.55 Å². The van der Waals surface area contributed by atoms with Gasteiger partial charge >= 0.3 is 0 Å². The lowest BCUT2D eigenvalue weighted by atomic mass is 9.93. The lowest BCUT2D eigenvalue weighted by Crippen LogP contribution is -2.62. The standard InChI is InChI=1S/C71H109N13O26S2/c1-5-43(2)62-68(98)76-37-58(91)77-51-42-112(101)70-47(35-49(65(95)75-38-59(92)80-62)78-69(99)63(44(3)53(87)40-85)81-67(97)52-34-45(86)39-84(52)71(100)50(36-55(72)88)79-66(51)96)46-8-9-54(102-4)48(64(46)82-70)41-111-33-7-6-14-73-57(90)13-17-103-19-21-105-23-25-107-27-29-109-31-32-110-30-28-108-26-24-106-22-20-104-18-15-74-56(89)12-16-83-60(93)10-11-61(83)94/h8-11,43-45,49-53,62-63,82,85-87H,5-7,12-42H2,1-4H3,(H2,72,88)(H,73,90)(H,74,89)(H,75,95)(H,76,98)(H,77,91)(H,78,99)(H,79,96)(H,80,92)(H,81,97)/t43-,44-,45+,49-,50-,51?,52-,53-,62-,63-,112?/m0/s1. The molecule has 1 aromatic carbocycles. The number of unbranched alkanes of at least 4 members (excludes halogenated alkanes) is 1. The number of benzene rings is 1. The Balaban J connectivity index is 0.967. The van der Waals surface area contributed by atoms with Crippen molar-refractivity contribution in [3.05, 3.63) is 35.4 Å². The zero-order valence-corrected chi connectivity index (χ0v) is 65.3. The average molecular weight is 1620 g/mol. The van der Waals surface area contributed by atoms with Gasteiger partial charge in [0.1, 0.15) is 41.7 Å². The number of primary amides is 1. The van der Waals surface area contributed by atoms with E-state index in [0.717, 1.165) is 9.80 Å². The first-order valence-electron chi connectivity index (χ1n) is 37.3. The van der Waals surface area contributed by atoms with Crippen molar-refractivity contribution < 1.29 is 125 Å². The summed E-state index contributed by atoms with van der Waals surface area (Å²) in [6.07, 6.45) is -0.879. The molecule has 0 radical (unpaired) electrons. The van der Waals surface area contributed by atoms with Crippen LogP contribution in [0.1, 0.15) is 76.8 Å². The maximum absolute atomic E-state index is 15.4. The first-order chi connectivity index (χ1) is 53.8. The maximum Gasteiger partial charge on any atom is 0.253 e. The van der Waals surface area contributed by atoms with E-state index in [1.807, 2.05) is 0 Å². The zero-order valence-electron chi connectivity index (χ0n) is 63.6. The number of hydrogen-bond donors (Lipinski definition) is 14. The van der Waals surface area contributed by atoms with E-state index in [1.54, 1.807) is 26.0 Å². The summed E-state index contributed by atoms with van der Waals surface area (Å²) in [4.78, 5) is 180. The van der Waals surface area contributed by atoms with Crippen LogP contribution < -0.4 is 58.3 Å². The van der Waals surface area contributed by atoms with Gasteiger partial charge in [-0.2, -0.15) is 11.8 Å². The Morgan fingerprint density at radius 2 is 1.23 bits per heavy atom. The third kappa shape index (κ3) is 31.0. The Hall–Kier alpha value is -8.17. The predicted octanol–water partition coefficient (Wildman–Crippen LogP) is -5.53. The maximum atomic E-state index is 15.4. The first kappa shape index (κ1) is 92.7. The Bertz CT molecular complexity index is 3470. The van der Waals surface area contributed by atoms with Crippen LogP contribution in [0.5, 0.6) is 5.75 Å². The normalized spacial score (nSPS) is 21.9. The molecule has 1 aromatic heterocycles. The highest BCUT2D eigenvalue weighted by molar-refractivity contribution is 7.98. The third-order valence-electron chi connectivity index (χ3n) is 18.4. The quantitative estimate of drug-likeness (QED) is 0.0167. The second-order valence-corrected chi connectivity index (χ2v) is 29.1. The number of aliphatic hydroxyl groups is 3. The molecule has 626 valence electrons. The van der Waals surface area contributed by atoms with Crippen LogP contribution in [0.15, 0.2) is 29.3 Å². The molecule has 2 aromatic rings. The molecular formula is C71H109N13O26S2. The van der Waals surface area contributed by atoms with Gasteiger partial charge in [-0.1, -0.05) is 27.2 Å². The molecule has 4 aliphatic heterocycles. The molecule has 0 aliphatic carbocycles. The Morgan fingerprint density at radius 3 is 1.81 bits per heavy atom. The number of fused-ring (bicyclic) bond motifs is 5. The number of nitrogens with zero attached hydrogens (tertiary/aromatic N) is 2. The van der Waals surface area contributed by atoms with Crippen molar-refractivity contribution in [1.82, 2.24) is 62.6 Å². The van der Waals surface area contributed by atoms with Gasteiger partial charge < -0.3 is 126 Å². The van der Waals surface area contributed by atoms with E-state index in [-0.39, 0.29) is 73.9 Å². The Labute approximate surface area is 655 Å². The zero-order chi connectivity index (χ0) is 81.5. The highest BCUT2D eigenvalue weighted by atomic mass is 32.2. The van der Waals surface area contributed by atoms with Crippen molar-refractivity contribution in [3.63, 3.8) is 0 Å². The summed E-state index contributed by atoms with van der Waals surface area (Å²) in [5, 5.41) is 55.3. The van der Waals surface area contributed by atoms with Gasteiger partial charge in [0, 0.05) is 103 Å². The summed E-state index contributed by atoms with van der Waals surface area (Å²) in [5.74, 6) is -12.2. The SMILES string of the molecule is CC[C@H](C)[C@@H]1NC(=O)CNC(=O)[C@@H]2Cc3c([nH]c4c(CSCCCCNC(=O)CCOCCOCCOCCOCCOCCOCCOCCOCCNC(=O)CCN5C(=O)C=CC5=O)c(OC)ccc34)[S+]([O-])CC(NC(=O)CNC1=O)C(=O)N[C@@H](CC(N)=O)C(=O)N1C[C@H](O)C[C@H]1C(=O)N[C@@H]([C@@H](C)[C@@H](O)CO)C(=O)N2.